The molecule has 5 nitrogen and oxygen atoms in total. The number of likely N-dealkylation sites (N-methyl/N-ethyl adjacent to an activating group) is 1. The highest BCUT2D eigenvalue weighted by Crippen LogP contribution is 2.04. The molecule has 0 atom stereocenters. The maximum absolute atomic E-state index is 10.4. The van der Waals surface area contributed by atoms with Gasteiger partial charge < -0.3 is 10.0 Å². The first-order chi connectivity index (χ1) is 6.09. The maximum atomic E-state index is 10.4. The Labute approximate surface area is 80.2 Å². The Morgan fingerprint density at radius 2 is 2.31 bits per heavy atom. The van der Waals surface area contributed by atoms with Crippen LogP contribution in [0.5, 0.6) is 0 Å². The predicted octanol–water partition coefficient (Wildman–Crippen LogP) is 0.340. The monoisotopic (exact) mass is 201 g/mol. The van der Waals surface area contributed by atoms with E-state index in [4.69, 9.17) is 5.11 Å². The number of hydrogen-bond acceptors (Lipinski definition) is 5. The van der Waals surface area contributed by atoms with Crippen LogP contribution in [0.1, 0.15) is 15.6 Å². The molecule has 6 heteroatoms. The van der Waals surface area contributed by atoms with Gasteiger partial charge in [0.2, 0.25) is 5.01 Å². The Hall–Kier alpha value is -1.01. The smallest absolute Gasteiger partial charge is 0.366 e. The largest absolute Gasteiger partial charge is 0.476 e. The first-order valence-electron chi connectivity index (χ1n) is 3.80. The van der Waals surface area contributed by atoms with Crippen molar-refractivity contribution in [1.82, 2.24) is 14.3 Å². The van der Waals surface area contributed by atoms with E-state index in [0.717, 1.165) is 18.1 Å². The molecule has 13 heavy (non-hydrogen) atoms. The zero-order valence-electron chi connectivity index (χ0n) is 7.52. The van der Waals surface area contributed by atoms with Crippen molar-refractivity contribution in [2.45, 2.75) is 6.42 Å². The van der Waals surface area contributed by atoms with Crippen LogP contribution in [0.4, 0.5) is 0 Å². The van der Waals surface area contributed by atoms with Gasteiger partial charge in [0, 0.05) is 13.0 Å². The highest BCUT2D eigenvalue weighted by molar-refractivity contribution is 7.07. The fraction of sp³-hybridized carbons (Fsp3) is 0.571. The normalized spacial score (nSPS) is 10.7. The van der Waals surface area contributed by atoms with Crippen LogP contribution >= 0.6 is 11.5 Å². The van der Waals surface area contributed by atoms with E-state index in [1.165, 1.54) is 0 Å². The molecule has 0 aliphatic carbocycles. The van der Waals surface area contributed by atoms with Crippen molar-refractivity contribution in [3.63, 3.8) is 0 Å². The Balaban J connectivity index is 2.54. The lowest BCUT2D eigenvalue weighted by atomic mass is 10.4. The summed E-state index contributed by atoms with van der Waals surface area (Å²) in [5, 5.41) is 8.64. The van der Waals surface area contributed by atoms with Crippen molar-refractivity contribution in [3.05, 3.63) is 10.8 Å². The molecule has 0 amide bonds. The number of aromatic nitrogens is 2. The van der Waals surface area contributed by atoms with Crippen LogP contribution in [-0.4, -0.2) is 46.0 Å². The summed E-state index contributed by atoms with van der Waals surface area (Å²) in [4.78, 5) is 16.3. The summed E-state index contributed by atoms with van der Waals surface area (Å²) >= 11 is 0.930. The lowest BCUT2D eigenvalue weighted by Crippen LogP contribution is -2.15. The fourth-order valence-corrected chi connectivity index (χ4v) is 1.31. The van der Waals surface area contributed by atoms with Gasteiger partial charge in [-0.15, -0.1) is 0 Å². The Kier molecular flexibility index (Phi) is 3.32. The van der Waals surface area contributed by atoms with E-state index in [1.54, 1.807) is 0 Å². The van der Waals surface area contributed by atoms with Crippen LogP contribution < -0.4 is 0 Å². The van der Waals surface area contributed by atoms with Crippen LogP contribution in [0.2, 0.25) is 0 Å². The van der Waals surface area contributed by atoms with Crippen molar-refractivity contribution in [3.8, 4) is 0 Å². The molecule has 0 unspecified atom stereocenters. The second-order valence-electron chi connectivity index (χ2n) is 2.87. The number of rotatable bonds is 4. The average Bonchev–Trinajstić information content (AvgIpc) is 2.48. The topological polar surface area (TPSA) is 66.3 Å². The first kappa shape index (κ1) is 10.1. The molecule has 1 aromatic heterocycles. The number of aromatic carboxylic acids is 1. The summed E-state index contributed by atoms with van der Waals surface area (Å²) in [6.45, 7) is 0.829. The molecule has 72 valence electrons. The van der Waals surface area contributed by atoms with Gasteiger partial charge in [-0.2, -0.15) is 4.37 Å². The molecule has 1 rings (SSSR count). The zero-order valence-corrected chi connectivity index (χ0v) is 8.34. The van der Waals surface area contributed by atoms with E-state index < -0.39 is 5.97 Å². The lowest BCUT2D eigenvalue weighted by molar-refractivity contribution is 0.0696. The van der Waals surface area contributed by atoms with Gasteiger partial charge in [-0.3, -0.25) is 0 Å². The summed E-state index contributed by atoms with van der Waals surface area (Å²) in [6.07, 6.45) is 0.691. The molecule has 1 N–H and O–H groups in total. The lowest BCUT2D eigenvalue weighted by Gasteiger charge is -2.05. The summed E-state index contributed by atoms with van der Waals surface area (Å²) in [6, 6.07) is 0. The fourth-order valence-electron chi connectivity index (χ4n) is 0.766. The molecule has 1 aromatic rings. The third-order valence-corrected chi connectivity index (χ3v) is 2.17. The number of carboxylic acid groups (broad SMARTS) is 1. The van der Waals surface area contributed by atoms with Gasteiger partial charge in [-0.1, -0.05) is 0 Å². The molecule has 0 saturated carbocycles. The second-order valence-corrected chi connectivity index (χ2v) is 3.63. The molecule has 0 radical (unpaired) electrons. The third kappa shape index (κ3) is 3.08. The van der Waals surface area contributed by atoms with Crippen LogP contribution in [0.3, 0.4) is 0 Å². The summed E-state index contributed by atoms with van der Waals surface area (Å²) in [5.74, 6) is -0.398. The SMILES string of the molecule is CN(C)CCc1nsc(C(=O)O)n1. The Bertz CT molecular complexity index is 298. The molecule has 0 aliphatic heterocycles. The minimum absolute atomic E-state index is 0.0637. The third-order valence-electron chi connectivity index (χ3n) is 1.43. The standard InChI is InChI=1S/C7H11N3O2S/c1-10(2)4-3-5-8-6(7(11)12)13-9-5/h3-4H2,1-2H3,(H,11,12). The zero-order chi connectivity index (χ0) is 9.84. The summed E-state index contributed by atoms with van der Waals surface area (Å²) in [7, 11) is 3.90. The molecule has 0 aliphatic rings. The molecule has 0 bridgehead atoms. The second kappa shape index (κ2) is 4.29. The van der Waals surface area contributed by atoms with Gasteiger partial charge >= 0.3 is 5.97 Å². The van der Waals surface area contributed by atoms with Gasteiger partial charge in [-0.05, 0) is 25.6 Å². The molecule has 0 saturated heterocycles. The van der Waals surface area contributed by atoms with Crippen molar-refractivity contribution < 1.29 is 9.90 Å². The number of nitrogens with zero attached hydrogens (tertiary/aromatic N) is 3. The predicted molar refractivity (Wildman–Crippen MR) is 49.1 cm³/mol. The van der Waals surface area contributed by atoms with E-state index in [0.29, 0.717) is 12.2 Å². The summed E-state index contributed by atoms with van der Waals surface area (Å²) in [5.41, 5.74) is 0. The number of hydrogen-bond donors (Lipinski definition) is 1. The number of carboxylic acids is 1. The number of carbonyl (C=O) groups is 1. The Morgan fingerprint density at radius 3 is 2.77 bits per heavy atom. The molecular formula is C7H11N3O2S. The molecule has 1 heterocycles. The van der Waals surface area contributed by atoms with Gasteiger partial charge in [0.05, 0.1) is 0 Å². The van der Waals surface area contributed by atoms with Crippen LogP contribution in [0.25, 0.3) is 0 Å². The van der Waals surface area contributed by atoms with Crippen LogP contribution in [-0.2, 0) is 6.42 Å². The quantitative estimate of drug-likeness (QED) is 0.761. The Morgan fingerprint density at radius 1 is 1.62 bits per heavy atom. The minimum Gasteiger partial charge on any atom is -0.476 e. The van der Waals surface area contributed by atoms with E-state index in [1.807, 2.05) is 19.0 Å². The highest BCUT2D eigenvalue weighted by atomic mass is 32.1. The molecule has 0 aromatic carbocycles. The van der Waals surface area contributed by atoms with Crippen molar-refractivity contribution in [2.24, 2.45) is 0 Å². The van der Waals surface area contributed by atoms with Gasteiger partial charge in [0.15, 0.2) is 0 Å². The van der Waals surface area contributed by atoms with Crippen LogP contribution in [0.15, 0.2) is 0 Å². The first-order valence-corrected chi connectivity index (χ1v) is 4.57. The van der Waals surface area contributed by atoms with Crippen LogP contribution in [0, 0.1) is 0 Å². The van der Waals surface area contributed by atoms with E-state index in [-0.39, 0.29) is 5.01 Å². The van der Waals surface area contributed by atoms with Crippen molar-refractivity contribution in [2.75, 3.05) is 20.6 Å². The minimum atomic E-state index is -1.01. The summed E-state index contributed by atoms with van der Waals surface area (Å²) < 4.78 is 3.93. The van der Waals surface area contributed by atoms with Gasteiger partial charge in [0.1, 0.15) is 5.82 Å². The van der Waals surface area contributed by atoms with E-state index in [9.17, 15) is 4.79 Å². The molecule has 0 fully saturated rings. The van der Waals surface area contributed by atoms with E-state index >= 15 is 0 Å². The van der Waals surface area contributed by atoms with Crippen molar-refractivity contribution in [1.29, 1.82) is 0 Å². The van der Waals surface area contributed by atoms with Gasteiger partial charge in [0.25, 0.3) is 0 Å². The van der Waals surface area contributed by atoms with E-state index in [2.05, 4.69) is 9.36 Å². The maximum Gasteiger partial charge on any atom is 0.366 e. The molecular weight excluding hydrogens is 190 g/mol. The average molecular weight is 201 g/mol. The van der Waals surface area contributed by atoms with Crippen molar-refractivity contribution >= 4 is 17.5 Å². The highest BCUT2D eigenvalue weighted by Gasteiger charge is 2.10. The van der Waals surface area contributed by atoms with Gasteiger partial charge in [-0.25, -0.2) is 9.78 Å². The molecule has 0 spiro atoms.